The quantitative estimate of drug-likeness (QED) is 0.897. The van der Waals surface area contributed by atoms with Gasteiger partial charge in [0.15, 0.2) is 0 Å². The number of hydrogen-bond donors (Lipinski definition) is 1. The molecule has 4 nitrogen and oxygen atoms in total. The first-order valence-electron chi connectivity index (χ1n) is 5.85. The fourth-order valence-electron chi connectivity index (χ4n) is 1.68. The Morgan fingerprint density at radius 2 is 1.83 bits per heavy atom. The van der Waals surface area contributed by atoms with Gasteiger partial charge < -0.3 is 5.32 Å². The molecule has 18 heavy (non-hydrogen) atoms. The first-order valence-corrected chi connectivity index (χ1v) is 5.85. The summed E-state index contributed by atoms with van der Waals surface area (Å²) in [5.41, 5.74) is 1.62. The number of benzene rings is 1. The summed E-state index contributed by atoms with van der Waals surface area (Å²) in [6, 6.07) is 13.0. The fraction of sp³-hybridized carbons (Fsp3) is 0.143. The van der Waals surface area contributed by atoms with Gasteiger partial charge >= 0.3 is 6.03 Å². The molecule has 0 bridgehead atoms. The highest BCUT2D eigenvalue weighted by molar-refractivity contribution is 6.01. The standard InChI is InChI=1S/C14H15N3O/c1-2-17(13-6-4-3-5-7-13)14(18)16-12-8-10-15-11-9-12/h3-11H,2H2,1H3,(H,15,16,18). The van der Waals surface area contributed by atoms with E-state index in [-0.39, 0.29) is 6.03 Å². The predicted molar refractivity (Wildman–Crippen MR) is 72.7 cm³/mol. The molecule has 0 spiro atoms. The summed E-state index contributed by atoms with van der Waals surface area (Å²) in [5.74, 6) is 0. The van der Waals surface area contributed by atoms with E-state index in [9.17, 15) is 4.79 Å². The molecule has 92 valence electrons. The molecule has 0 atom stereocenters. The second kappa shape index (κ2) is 5.82. The zero-order valence-electron chi connectivity index (χ0n) is 10.2. The van der Waals surface area contributed by atoms with Gasteiger partial charge in [0, 0.05) is 30.3 Å². The Morgan fingerprint density at radius 3 is 2.44 bits per heavy atom. The van der Waals surface area contributed by atoms with E-state index in [1.165, 1.54) is 0 Å². The number of aromatic nitrogens is 1. The minimum absolute atomic E-state index is 0.144. The lowest BCUT2D eigenvalue weighted by molar-refractivity contribution is 0.257. The topological polar surface area (TPSA) is 45.2 Å². The van der Waals surface area contributed by atoms with Gasteiger partial charge in [-0.05, 0) is 31.2 Å². The third-order valence-corrected chi connectivity index (χ3v) is 2.56. The summed E-state index contributed by atoms with van der Waals surface area (Å²) >= 11 is 0. The van der Waals surface area contributed by atoms with Gasteiger partial charge in [0.1, 0.15) is 0 Å². The number of para-hydroxylation sites is 1. The van der Waals surface area contributed by atoms with E-state index in [4.69, 9.17) is 0 Å². The molecule has 2 aromatic rings. The molecule has 1 aromatic heterocycles. The van der Waals surface area contributed by atoms with Gasteiger partial charge in [-0.3, -0.25) is 9.88 Å². The normalized spacial score (nSPS) is 9.83. The van der Waals surface area contributed by atoms with Crippen molar-refractivity contribution in [2.24, 2.45) is 0 Å². The van der Waals surface area contributed by atoms with Crippen molar-refractivity contribution >= 4 is 17.4 Å². The number of hydrogen-bond acceptors (Lipinski definition) is 2. The Labute approximate surface area is 106 Å². The molecule has 0 radical (unpaired) electrons. The summed E-state index contributed by atoms with van der Waals surface area (Å²) in [5, 5.41) is 2.84. The Hall–Kier alpha value is -2.36. The number of rotatable bonds is 3. The van der Waals surface area contributed by atoms with Crippen LogP contribution >= 0.6 is 0 Å². The lowest BCUT2D eigenvalue weighted by Gasteiger charge is -2.21. The summed E-state index contributed by atoms with van der Waals surface area (Å²) < 4.78 is 0. The molecular weight excluding hydrogens is 226 g/mol. The van der Waals surface area contributed by atoms with E-state index in [1.54, 1.807) is 29.4 Å². The lowest BCUT2D eigenvalue weighted by Crippen LogP contribution is -2.34. The predicted octanol–water partition coefficient (Wildman–Crippen LogP) is 3.14. The number of carbonyl (C=O) groups excluding carboxylic acids is 1. The van der Waals surface area contributed by atoms with Crippen LogP contribution in [-0.2, 0) is 0 Å². The highest BCUT2D eigenvalue weighted by atomic mass is 16.2. The first-order chi connectivity index (χ1) is 8.81. The third-order valence-electron chi connectivity index (χ3n) is 2.56. The van der Waals surface area contributed by atoms with Crippen LogP contribution in [0.5, 0.6) is 0 Å². The van der Waals surface area contributed by atoms with Crippen LogP contribution in [0.2, 0.25) is 0 Å². The molecule has 2 amide bonds. The van der Waals surface area contributed by atoms with Crippen molar-refractivity contribution in [2.45, 2.75) is 6.92 Å². The Bertz CT molecular complexity index is 499. The Balaban J connectivity index is 2.12. The zero-order valence-corrected chi connectivity index (χ0v) is 10.2. The van der Waals surface area contributed by atoms with Gasteiger partial charge in [0.2, 0.25) is 0 Å². The lowest BCUT2D eigenvalue weighted by atomic mass is 10.3. The summed E-state index contributed by atoms with van der Waals surface area (Å²) in [6.07, 6.45) is 3.29. The minimum Gasteiger partial charge on any atom is -0.307 e. The Morgan fingerprint density at radius 1 is 1.17 bits per heavy atom. The number of carbonyl (C=O) groups is 1. The molecule has 0 saturated carbocycles. The van der Waals surface area contributed by atoms with Crippen LogP contribution in [0.15, 0.2) is 54.9 Å². The smallest absolute Gasteiger partial charge is 0.307 e. The summed E-state index contributed by atoms with van der Waals surface area (Å²) in [6.45, 7) is 2.56. The summed E-state index contributed by atoms with van der Waals surface area (Å²) in [7, 11) is 0. The second-order valence-electron chi connectivity index (χ2n) is 3.75. The SMILES string of the molecule is CCN(C(=O)Nc1ccncc1)c1ccccc1. The molecule has 1 N–H and O–H groups in total. The van der Waals surface area contributed by atoms with Gasteiger partial charge in [-0.1, -0.05) is 18.2 Å². The van der Waals surface area contributed by atoms with Crippen LogP contribution in [0.1, 0.15) is 6.92 Å². The van der Waals surface area contributed by atoms with E-state index < -0.39 is 0 Å². The number of nitrogens with one attached hydrogen (secondary N) is 1. The average molecular weight is 241 g/mol. The maximum atomic E-state index is 12.1. The summed E-state index contributed by atoms with van der Waals surface area (Å²) in [4.78, 5) is 17.7. The van der Waals surface area contributed by atoms with Crippen molar-refractivity contribution < 1.29 is 4.79 Å². The van der Waals surface area contributed by atoms with Gasteiger partial charge in [-0.2, -0.15) is 0 Å². The molecule has 4 heteroatoms. The van der Waals surface area contributed by atoms with Gasteiger partial charge in [0.05, 0.1) is 0 Å². The highest BCUT2D eigenvalue weighted by Gasteiger charge is 2.13. The minimum atomic E-state index is -0.144. The van der Waals surface area contributed by atoms with Crippen LogP contribution < -0.4 is 10.2 Å². The molecule has 0 saturated heterocycles. The molecule has 0 aliphatic heterocycles. The van der Waals surface area contributed by atoms with Crippen molar-refractivity contribution in [2.75, 3.05) is 16.8 Å². The van der Waals surface area contributed by atoms with E-state index in [0.717, 1.165) is 11.4 Å². The van der Waals surface area contributed by atoms with E-state index in [0.29, 0.717) is 6.54 Å². The molecule has 0 fully saturated rings. The van der Waals surface area contributed by atoms with Crippen LogP contribution in [0.25, 0.3) is 0 Å². The number of urea groups is 1. The molecule has 1 aromatic carbocycles. The number of anilines is 2. The number of nitrogens with zero attached hydrogens (tertiary/aromatic N) is 2. The van der Waals surface area contributed by atoms with Gasteiger partial charge in [0.25, 0.3) is 0 Å². The number of amides is 2. The maximum absolute atomic E-state index is 12.1. The molecule has 0 aliphatic carbocycles. The van der Waals surface area contributed by atoms with Crippen LogP contribution in [-0.4, -0.2) is 17.6 Å². The van der Waals surface area contributed by atoms with Crippen molar-refractivity contribution in [3.8, 4) is 0 Å². The van der Waals surface area contributed by atoms with Crippen molar-refractivity contribution in [1.29, 1.82) is 0 Å². The molecular formula is C14H15N3O. The molecule has 1 heterocycles. The monoisotopic (exact) mass is 241 g/mol. The van der Waals surface area contributed by atoms with E-state index in [2.05, 4.69) is 10.3 Å². The van der Waals surface area contributed by atoms with E-state index >= 15 is 0 Å². The molecule has 2 rings (SSSR count). The number of pyridine rings is 1. The van der Waals surface area contributed by atoms with Crippen molar-refractivity contribution in [3.63, 3.8) is 0 Å². The van der Waals surface area contributed by atoms with Crippen molar-refractivity contribution in [3.05, 3.63) is 54.9 Å². The van der Waals surface area contributed by atoms with Crippen LogP contribution in [0, 0.1) is 0 Å². The van der Waals surface area contributed by atoms with Crippen LogP contribution in [0.4, 0.5) is 16.2 Å². The van der Waals surface area contributed by atoms with Crippen molar-refractivity contribution in [1.82, 2.24) is 4.98 Å². The maximum Gasteiger partial charge on any atom is 0.326 e. The van der Waals surface area contributed by atoms with Gasteiger partial charge in [-0.15, -0.1) is 0 Å². The largest absolute Gasteiger partial charge is 0.326 e. The fourth-order valence-corrected chi connectivity index (χ4v) is 1.68. The third kappa shape index (κ3) is 2.85. The highest BCUT2D eigenvalue weighted by Crippen LogP contribution is 2.14. The second-order valence-corrected chi connectivity index (χ2v) is 3.75. The van der Waals surface area contributed by atoms with Crippen LogP contribution in [0.3, 0.4) is 0 Å². The molecule has 0 aliphatic rings. The van der Waals surface area contributed by atoms with E-state index in [1.807, 2.05) is 37.3 Å². The molecule has 0 unspecified atom stereocenters. The average Bonchev–Trinajstić information content (AvgIpc) is 2.42. The first kappa shape index (κ1) is 12.1. The van der Waals surface area contributed by atoms with Gasteiger partial charge in [-0.25, -0.2) is 4.79 Å². The Kier molecular flexibility index (Phi) is 3.91. The zero-order chi connectivity index (χ0) is 12.8.